The van der Waals surface area contributed by atoms with Crippen molar-refractivity contribution >= 4 is 57.4 Å². The molecule has 0 aromatic carbocycles. The predicted molar refractivity (Wildman–Crippen MR) is 96.4 cm³/mol. The molecule has 0 radical (unpaired) electrons. The van der Waals surface area contributed by atoms with Crippen molar-refractivity contribution in [1.29, 1.82) is 0 Å². The minimum Gasteiger partial charge on any atom is -0.462 e. The summed E-state index contributed by atoms with van der Waals surface area (Å²) in [5, 5.41) is 2.96. The van der Waals surface area contributed by atoms with Gasteiger partial charge in [0.1, 0.15) is 14.7 Å². The fraction of sp³-hybridized carbons (Fsp3) is 0.562. The Bertz CT molecular complexity index is 703. The van der Waals surface area contributed by atoms with Crippen LogP contribution in [0.3, 0.4) is 0 Å². The summed E-state index contributed by atoms with van der Waals surface area (Å²) in [5.74, 6) is -1.69. The molecule has 1 aliphatic carbocycles. The second-order valence-electron chi connectivity index (χ2n) is 5.87. The maximum atomic E-state index is 12.1. The number of halogens is 2. The van der Waals surface area contributed by atoms with E-state index in [0.717, 1.165) is 4.88 Å². The van der Waals surface area contributed by atoms with Gasteiger partial charge in [-0.25, -0.2) is 4.79 Å². The topological polar surface area (TPSA) is 81.7 Å². The molecule has 2 rings (SSSR count). The third kappa shape index (κ3) is 4.27. The SMILES string of the molecule is CCOC(=O)c1cc(CC)sc1NC(=O)COC(=O)[C@@]1(C)CC1(Cl)Cl. The number of hydrogen-bond acceptors (Lipinski definition) is 6. The Morgan fingerprint density at radius 2 is 1.92 bits per heavy atom. The van der Waals surface area contributed by atoms with Crippen LogP contribution in [-0.4, -0.2) is 35.4 Å². The van der Waals surface area contributed by atoms with Crippen LogP contribution in [0.1, 0.15) is 42.4 Å². The van der Waals surface area contributed by atoms with E-state index >= 15 is 0 Å². The van der Waals surface area contributed by atoms with Crippen LogP contribution in [0.5, 0.6) is 0 Å². The summed E-state index contributed by atoms with van der Waals surface area (Å²) in [6.45, 7) is 4.97. The lowest BCUT2D eigenvalue weighted by atomic mass is 10.1. The van der Waals surface area contributed by atoms with E-state index in [4.69, 9.17) is 32.7 Å². The molecule has 6 nitrogen and oxygen atoms in total. The number of alkyl halides is 2. The lowest BCUT2D eigenvalue weighted by Crippen LogP contribution is -2.27. The van der Waals surface area contributed by atoms with Gasteiger partial charge >= 0.3 is 11.9 Å². The normalized spacial score (nSPS) is 20.7. The third-order valence-electron chi connectivity index (χ3n) is 3.92. The maximum Gasteiger partial charge on any atom is 0.341 e. The first-order valence-electron chi connectivity index (χ1n) is 7.79. The molecule has 9 heteroatoms. The molecule has 1 atom stereocenters. The van der Waals surface area contributed by atoms with Crippen molar-refractivity contribution in [2.24, 2.45) is 5.41 Å². The number of hydrogen-bond donors (Lipinski definition) is 1. The number of amides is 1. The number of carbonyl (C=O) groups excluding carboxylic acids is 3. The van der Waals surface area contributed by atoms with Crippen molar-refractivity contribution in [3.63, 3.8) is 0 Å². The van der Waals surface area contributed by atoms with Gasteiger partial charge in [0.15, 0.2) is 6.61 Å². The largest absolute Gasteiger partial charge is 0.462 e. The van der Waals surface area contributed by atoms with E-state index in [9.17, 15) is 14.4 Å². The van der Waals surface area contributed by atoms with E-state index < -0.39 is 34.2 Å². The number of thiophene rings is 1. The highest BCUT2D eigenvalue weighted by Crippen LogP contribution is 2.64. The highest BCUT2D eigenvalue weighted by molar-refractivity contribution is 7.16. The maximum absolute atomic E-state index is 12.1. The van der Waals surface area contributed by atoms with Crippen molar-refractivity contribution in [1.82, 2.24) is 0 Å². The summed E-state index contributed by atoms with van der Waals surface area (Å²) < 4.78 is 8.82. The van der Waals surface area contributed by atoms with E-state index in [1.165, 1.54) is 11.3 Å². The van der Waals surface area contributed by atoms with Crippen molar-refractivity contribution < 1.29 is 23.9 Å². The highest BCUT2D eigenvalue weighted by Gasteiger charge is 2.69. The van der Waals surface area contributed by atoms with Gasteiger partial charge in [0.05, 0.1) is 12.2 Å². The highest BCUT2D eigenvalue weighted by atomic mass is 35.5. The molecule has 138 valence electrons. The van der Waals surface area contributed by atoms with Gasteiger partial charge in [-0.05, 0) is 26.3 Å². The zero-order valence-electron chi connectivity index (χ0n) is 14.1. The van der Waals surface area contributed by atoms with E-state index in [1.807, 2.05) is 6.92 Å². The summed E-state index contributed by atoms with van der Waals surface area (Å²) in [5.41, 5.74) is -0.705. The van der Waals surface area contributed by atoms with Crippen LogP contribution in [0, 0.1) is 5.41 Å². The first-order chi connectivity index (χ1) is 11.6. The Labute approximate surface area is 159 Å². The summed E-state index contributed by atoms with van der Waals surface area (Å²) in [4.78, 5) is 36.9. The van der Waals surface area contributed by atoms with Crippen molar-refractivity contribution in [3.05, 3.63) is 16.5 Å². The first kappa shape index (κ1) is 20.0. The second-order valence-corrected chi connectivity index (χ2v) is 8.49. The molecule has 0 bridgehead atoms. The molecule has 0 saturated heterocycles. The molecule has 0 spiro atoms. The van der Waals surface area contributed by atoms with Gasteiger partial charge in [0.2, 0.25) is 0 Å². The van der Waals surface area contributed by atoms with Gasteiger partial charge in [-0.3, -0.25) is 9.59 Å². The number of nitrogens with one attached hydrogen (secondary N) is 1. The molecule has 1 aromatic rings. The second kappa shape index (κ2) is 7.51. The Kier molecular flexibility index (Phi) is 6.01. The van der Waals surface area contributed by atoms with Crippen LogP contribution in [0.2, 0.25) is 0 Å². The number of esters is 2. The van der Waals surface area contributed by atoms with Gasteiger partial charge in [-0.2, -0.15) is 0 Å². The van der Waals surface area contributed by atoms with Gasteiger partial charge in [-0.15, -0.1) is 34.5 Å². The quantitative estimate of drug-likeness (QED) is 0.551. The average molecular weight is 408 g/mol. The number of carbonyl (C=O) groups is 3. The lowest BCUT2D eigenvalue weighted by molar-refractivity contribution is -0.152. The van der Waals surface area contributed by atoms with E-state index in [0.29, 0.717) is 11.4 Å². The predicted octanol–water partition coefficient (Wildman–Crippen LogP) is 3.55. The van der Waals surface area contributed by atoms with Gasteiger partial charge in [0.25, 0.3) is 5.91 Å². The molecule has 25 heavy (non-hydrogen) atoms. The van der Waals surface area contributed by atoms with E-state index in [-0.39, 0.29) is 18.6 Å². The standard InChI is InChI=1S/C16H19Cl2NO5S/c1-4-9-6-10(13(21)23-5-2)12(25-9)19-11(20)7-24-14(22)15(3)8-16(15,17)18/h6H,4-5,7-8H2,1-3H3,(H,19,20)/t15-/m1/s1. The molecular formula is C16H19Cl2NO5S. The molecule has 1 saturated carbocycles. The Hall–Kier alpha value is -1.31. The van der Waals surface area contributed by atoms with Gasteiger partial charge in [-0.1, -0.05) is 6.92 Å². The van der Waals surface area contributed by atoms with Crippen LogP contribution in [0.4, 0.5) is 5.00 Å². The molecule has 1 heterocycles. The molecule has 1 amide bonds. The van der Waals surface area contributed by atoms with Crippen LogP contribution in [0.15, 0.2) is 6.07 Å². The van der Waals surface area contributed by atoms with Crippen molar-refractivity contribution in [3.8, 4) is 0 Å². The minimum absolute atomic E-state index is 0.234. The summed E-state index contributed by atoms with van der Waals surface area (Å²) in [6.07, 6.45) is 0.995. The molecule has 0 aliphatic heterocycles. The lowest BCUT2D eigenvalue weighted by Gasteiger charge is -2.11. The first-order valence-corrected chi connectivity index (χ1v) is 9.36. The van der Waals surface area contributed by atoms with Crippen molar-refractivity contribution in [2.45, 2.75) is 37.9 Å². The number of anilines is 1. The Morgan fingerprint density at radius 3 is 2.44 bits per heavy atom. The number of rotatable bonds is 7. The summed E-state index contributed by atoms with van der Waals surface area (Å²) in [6, 6.07) is 1.69. The Balaban J connectivity index is 1.97. The van der Waals surface area contributed by atoms with Gasteiger partial charge in [0, 0.05) is 11.3 Å². The van der Waals surface area contributed by atoms with E-state index in [2.05, 4.69) is 5.32 Å². The molecule has 1 fully saturated rings. The van der Waals surface area contributed by atoms with Crippen LogP contribution >= 0.6 is 34.5 Å². The smallest absolute Gasteiger partial charge is 0.341 e. The van der Waals surface area contributed by atoms with Crippen LogP contribution in [-0.2, 0) is 25.5 Å². The van der Waals surface area contributed by atoms with Crippen LogP contribution in [0.25, 0.3) is 0 Å². The van der Waals surface area contributed by atoms with Gasteiger partial charge < -0.3 is 14.8 Å². The molecule has 0 unspecified atom stereocenters. The van der Waals surface area contributed by atoms with Crippen molar-refractivity contribution in [2.75, 3.05) is 18.5 Å². The molecular weight excluding hydrogens is 389 g/mol. The molecule has 1 aromatic heterocycles. The third-order valence-corrected chi connectivity index (χ3v) is 6.22. The van der Waals surface area contributed by atoms with E-state index in [1.54, 1.807) is 19.9 Å². The Morgan fingerprint density at radius 1 is 1.28 bits per heavy atom. The minimum atomic E-state index is -1.15. The molecule has 1 aliphatic rings. The summed E-state index contributed by atoms with van der Waals surface area (Å²) in [7, 11) is 0. The fourth-order valence-electron chi connectivity index (χ4n) is 2.14. The number of ether oxygens (including phenoxy) is 2. The number of aryl methyl sites for hydroxylation is 1. The summed E-state index contributed by atoms with van der Waals surface area (Å²) >= 11 is 13.1. The zero-order chi connectivity index (χ0) is 18.8. The fourth-order valence-corrected chi connectivity index (χ4v) is 3.83. The zero-order valence-corrected chi connectivity index (χ0v) is 16.4. The average Bonchev–Trinajstić information content (AvgIpc) is 2.89. The van der Waals surface area contributed by atoms with Crippen LogP contribution < -0.4 is 5.32 Å². The monoisotopic (exact) mass is 407 g/mol. The molecule has 1 N–H and O–H groups in total.